The van der Waals surface area contributed by atoms with Crippen molar-refractivity contribution in [3.05, 3.63) is 53.4 Å². The molecule has 4 heterocycles. The Kier molecular flexibility index (Phi) is 4.68. The van der Waals surface area contributed by atoms with Crippen LogP contribution in [0.4, 0.5) is 0 Å². The molecule has 28 heavy (non-hydrogen) atoms. The summed E-state index contributed by atoms with van der Waals surface area (Å²) in [6.07, 6.45) is 12.6. The monoisotopic (exact) mass is 381 g/mol. The van der Waals surface area contributed by atoms with Gasteiger partial charge in [0.1, 0.15) is 24.6 Å². The van der Waals surface area contributed by atoms with Crippen LogP contribution in [0.3, 0.4) is 0 Å². The Bertz CT molecular complexity index is 835. The van der Waals surface area contributed by atoms with Crippen molar-refractivity contribution in [2.45, 2.75) is 38.6 Å². The van der Waals surface area contributed by atoms with Gasteiger partial charge in [0, 0.05) is 42.1 Å². The highest BCUT2D eigenvalue weighted by atomic mass is 16.6. The van der Waals surface area contributed by atoms with Crippen LogP contribution in [0.2, 0.25) is 0 Å². The first-order valence-corrected chi connectivity index (χ1v) is 10.4. The van der Waals surface area contributed by atoms with Crippen LogP contribution in [0.15, 0.2) is 52.8 Å². The van der Waals surface area contributed by atoms with E-state index in [-0.39, 0.29) is 0 Å². The Morgan fingerprint density at radius 1 is 1.25 bits per heavy atom. The molecule has 1 saturated carbocycles. The second kappa shape index (κ2) is 7.47. The molecule has 1 saturated heterocycles. The topological polar surface area (TPSA) is 56.0 Å². The van der Waals surface area contributed by atoms with Crippen LogP contribution in [0.1, 0.15) is 37.7 Å². The van der Waals surface area contributed by atoms with Crippen molar-refractivity contribution in [3.8, 4) is 0 Å². The summed E-state index contributed by atoms with van der Waals surface area (Å²) >= 11 is 0. The number of nitrogens with zero attached hydrogens (tertiary/aromatic N) is 4. The molecular formula is C21H29N6O+. The minimum Gasteiger partial charge on any atom is -0.358 e. The minimum atomic E-state index is 0.619. The van der Waals surface area contributed by atoms with Crippen LogP contribution in [0.25, 0.3) is 0 Å². The highest BCUT2D eigenvalue weighted by molar-refractivity contribution is 5.95. The van der Waals surface area contributed by atoms with Crippen molar-refractivity contribution < 1.29 is 9.57 Å². The third kappa shape index (κ3) is 3.46. The van der Waals surface area contributed by atoms with Crippen molar-refractivity contribution in [1.29, 1.82) is 0 Å². The van der Waals surface area contributed by atoms with Gasteiger partial charge in [-0.25, -0.2) is 10.4 Å². The smallest absolute Gasteiger partial charge is 0.227 e. The second-order valence-electron chi connectivity index (χ2n) is 7.95. The Morgan fingerprint density at radius 2 is 2.11 bits per heavy atom. The van der Waals surface area contributed by atoms with Gasteiger partial charge in [0.2, 0.25) is 12.4 Å². The normalized spacial score (nSPS) is 23.6. The van der Waals surface area contributed by atoms with Gasteiger partial charge in [0.05, 0.1) is 6.54 Å². The Morgan fingerprint density at radius 3 is 2.89 bits per heavy atom. The fraction of sp³-hybridized carbons (Fsp3) is 0.524. The zero-order valence-electron chi connectivity index (χ0n) is 16.5. The minimum absolute atomic E-state index is 0.619. The van der Waals surface area contributed by atoms with E-state index in [9.17, 15) is 0 Å². The van der Waals surface area contributed by atoms with Crippen LogP contribution in [-0.4, -0.2) is 42.5 Å². The molecule has 3 aliphatic heterocycles. The number of fused-ring (bicyclic) bond motifs is 1. The van der Waals surface area contributed by atoms with Crippen molar-refractivity contribution >= 4 is 5.84 Å². The Balaban J connectivity index is 1.45. The Labute approximate surface area is 166 Å². The van der Waals surface area contributed by atoms with Gasteiger partial charge >= 0.3 is 0 Å². The molecule has 0 amide bonds. The van der Waals surface area contributed by atoms with Gasteiger partial charge in [-0.2, -0.15) is 0 Å². The third-order valence-corrected chi connectivity index (χ3v) is 5.93. The fourth-order valence-corrected chi connectivity index (χ4v) is 4.22. The van der Waals surface area contributed by atoms with E-state index in [1.165, 1.54) is 49.3 Å². The van der Waals surface area contributed by atoms with Crippen molar-refractivity contribution in [2.75, 3.05) is 26.7 Å². The number of pyridine rings is 1. The van der Waals surface area contributed by atoms with Crippen molar-refractivity contribution in [2.24, 2.45) is 10.9 Å². The van der Waals surface area contributed by atoms with E-state index in [4.69, 9.17) is 9.83 Å². The summed E-state index contributed by atoms with van der Waals surface area (Å²) in [5.41, 5.74) is 6.16. The molecule has 0 radical (unpaired) electrons. The second-order valence-corrected chi connectivity index (χ2v) is 7.95. The number of aliphatic imine (C=N–C) groups is 1. The summed E-state index contributed by atoms with van der Waals surface area (Å²) in [6, 6.07) is 4.07. The molecule has 148 valence electrons. The van der Waals surface area contributed by atoms with Crippen LogP contribution >= 0.6 is 0 Å². The molecule has 1 aromatic heterocycles. The molecule has 0 aromatic carbocycles. The quantitative estimate of drug-likeness (QED) is 0.753. The number of piperidine rings is 1. The highest BCUT2D eigenvalue weighted by Gasteiger charge is 2.38. The molecule has 4 aliphatic rings. The van der Waals surface area contributed by atoms with Gasteiger partial charge in [0.25, 0.3) is 0 Å². The molecule has 2 fully saturated rings. The SMILES string of the molecule is CO[n+]1cccc(CN=C2C=C(N3CCCCC3)NC3=C(C4CC4)CNN23)c1. The number of hydrogen-bond donors (Lipinski definition) is 2. The first-order valence-electron chi connectivity index (χ1n) is 10.4. The van der Waals surface area contributed by atoms with E-state index in [2.05, 4.69) is 32.8 Å². The number of likely N-dealkylation sites (tertiary alicyclic amines) is 1. The van der Waals surface area contributed by atoms with Crippen LogP contribution in [0.5, 0.6) is 0 Å². The average Bonchev–Trinajstić information content (AvgIpc) is 3.51. The predicted octanol–water partition coefficient (Wildman–Crippen LogP) is 1.30. The van der Waals surface area contributed by atoms with E-state index < -0.39 is 0 Å². The maximum absolute atomic E-state index is 5.27. The Hall–Kier alpha value is -2.54. The van der Waals surface area contributed by atoms with Gasteiger partial charge < -0.3 is 10.2 Å². The third-order valence-electron chi connectivity index (χ3n) is 5.93. The maximum Gasteiger partial charge on any atom is 0.227 e. The zero-order chi connectivity index (χ0) is 18.9. The van der Waals surface area contributed by atoms with Crippen molar-refractivity contribution in [1.82, 2.24) is 20.7 Å². The van der Waals surface area contributed by atoms with Crippen LogP contribution in [0, 0.1) is 5.92 Å². The average molecular weight is 382 g/mol. The number of hydrazine groups is 1. The van der Waals surface area contributed by atoms with E-state index in [0.29, 0.717) is 6.54 Å². The van der Waals surface area contributed by atoms with Gasteiger partial charge in [-0.15, -0.1) is 0 Å². The molecule has 7 heteroatoms. The predicted molar refractivity (Wildman–Crippen MR) is 107 cm³/mol. The van der Waals surface area contributed by atoms with E-state index in [0.717, 1.165) is 37.0 Å². The van der Waals surface area contributed by atoms with Gasteiger partial charge in [0.15, 0.2) is 0 Å². The number of hydrogen-bond acceptors (Lipinski definition) is 5. The number of aromatic nitrogens is 1. The summed E-state index contributed by atoms with van der Waals surface area (Å²) in [4.78, 5) is 12.7. The van der Waals surface area contributed by atoms with Gasteiger partial charge in [-0.3, -0.25) is 9.83 Å². The van der Waals surface area contributed by atoms with Crippen molar-refractivity contribution in [3.63, 3.8) is 0 Å². The molecular weight excluding hydrogens is 352 g/mol. The van der Waals surface area contributed by atoms with Crippen LogP contribution < -0.4 is 20.3 Å². The summed E-state index contributed by atoms with van der Waals surface area (Å²) in [7, 11) is 1.67. The number of amidine groups is 1. The number of nitrogens with one attached hydrogen (secondary N) is 2. The molecule has 1 aromatic rings. The lowest BCUT2D eigenvalue weighted by molar-refractivity contribution is -0.885. The summed E-state index contributed by atoms with van der Waals surface area (Å²) in [5.74, 6) is 4.13. The highest BCUT2D eigenvalue weighted by Crippen LogP contribution is 2.40. The number of rotatable bonds is 5. The van der Waals surface area contributed by atoms with E-state index in [1.807, 2.05) is 18.5 Å². The zero-order valence-corrected chi connectivity index (χ0v) is 16.5. The van der Waals surface area contributed by atoms with Crippen LogP contribution in [-0.2, 0) is 6.54 Å². The molecule has 7 nitrogen and oxygen atoms in total. The van der Waals surface area contributed by atoms with Gasteiger partial charge in [-0.1, -0.05) is 0 Å². The maximum atomic E-state index is 5.27. The molecule has 1 aliphatic carbocycles. The molecule has 5 rings (SSSR count). The lowest BCUT2D eigenvalue weighted by atomic mass is 10.1. The standard InChI is InChI=1S/C21H29N6O/c1-28-26-11-5-6-16(15-26)13-22-19-12-20(25-9-3-2-4-10-25)24-21-18(17-7-8-17)14-23-27(19)21/h5-6,11-12,15,17,23-24H,2-4,7-10,13-14H2,1H3/q+1. The summed E-state index contributed by atoms with van der Waals surface area (Å²) in [6.45, 7) is 3.78. The first kappa shape index (κ1) is 17.6. The van der Waals surface area contributed by atoms with Gasteiger partial charge in [-0.05, 0) is 49.7 Å². The molecule has 0 atom stereocenters. The lowest BCUT2D eigenvalue weighted by Crippen LogP contribution is -2.48. The lowest BCUT2D eigenvalue weighted by Gasteiger charge is -2.37. The molecule has 0 bridgehead atoms. The summed E-state index contributed by atoms with van der Waals surface area (Å²) < 4.78 is 1.71. The fourth-order valence-electron chi connectivity index (χ4n) is 4.22. The van der Waals surface area contributed by atoms with E-state index >= 15 is 0 Å². The summed E-state index contributed by atoms with van der Waals surface area (Å²) in [5, 5.41) is 5.88. The first-order chi connectivity index (χ1) is 13.8. The largest absolute Gasteiger partial charge is 0.358 e. The molecule has 0 unspecified atom stereocenters. The molecule has 2 N–H and O–H groups in total. The molecule has 0 spiro atoms. The van der Waals surface area contributed by atoms with E-state index in [1.54, 1.807) is 11.8 Å².